The molecule has 0 heterocycles. The highest BCUT2D eigenvalue weighted by atomic mass is 16.5. The lowest BCUT2D eigenvalue weighted by Crippen LogP contribution is -2.14. The average molecular weight is 384 g/mol. The van der Waals surface area contributed by atoms with Crippen LogP contribution in [0.1, 0.15) is 21.5 Å². The number of nitrogens with zero attached hydrogens (tertiary/aromatic N) is 1. The molecular formula is C20H20N2O6. The summed E-state index contributed by atoms with van der Waals surface area (Å²) in [6.07, 6.45) is 4.13. The Balaban J connectivity index is 2.08. The van der Waals surface area contributed by atoms with Crippen LogP contribution in [0.4, 0.5) is 0 Å². The van der Waals surface area contributed by atoms with Gasteiger partial charge in [-0.25, -0.2) is 5.48 Å². The number of hydroxylamine groups is 1. The van der Waals surface area contributed by atoms with Gasteiger partial charge in [-0.3, -0.25) is 19.8 Å². The van der Waals surface area contributed by atoms with Crippen molar-refractivity contribution in [1.82, 2.24) is 5.48 Å². The number of Topliss-reactive ketones (excluding diaryl/α,β-unsaturated/α-hetero) is 1. The Morgan fingerprint density at radius 3 is 2.25 bits per heavy atom. The molecule has 0 radical (unpaired) electrons. The third kappa shape index (κ3) is 5.42. The second-order valence-corrected chi connectivity index (χ2v) is 5.59. The molecule has 0 spiro atoms. The van der Waals surface area contributed by atoms with Crippen LogP contribution in [-0.2, 0) is 4.79 Å². The summed E-state index contributed by atoms with van der Waals surface area (Å²) in [6.45, 7) is -0.0880. The van der Waals surface area contributed by atoms with Gasteiger partial charge in [-0.15, -0.1) is 0 Å². The van der Waals surface area contributed by atoms with Gasteiger partial charge < -0.3 is 14.6 Å². The van der Waals surface area contributed by atoms with Crippen LogP contribution in [0.25, 0.3) is 6.08 Å². The first kappa shape index (κ1) is 20.7. The molecule has 0 aliphatic heterocycles. The number of aliphatic imine (C=N–C) groups is 1. The van der Waals surface area contributed by atoms with Crippen LogP contribution in [0.2, 0.25) is 0 Å². The van der Waals surface area contributed by atoms with Crippen molar-refractivity contribution in [3.05, 3.63) is 59.2 Å². The number of phenolic OH excluding ortho intramolecular Hbond substituents is 1. The normalized spacial score (nSPS) is 11.0. The summed E-state index contributed by atoms with van der Waals surface area (Å²) in [7, 11) is 2.91. The van der Waals surface area contributed by atoms with Crippen LogP contribution in [0, 0.1) is 0 Å². The van der Waals surface area contributed by atoms with E-state index in [1.165, 1.54) is 50.2 Å². The lowest BCUT2D eigenvalue weighted by atomic mass is 10.1. The van der Waals surface area contributed by atoms with E-state index in [-0.39, 0.29) is 18.1 Å². The molecule has 0 atom stereocenters. The van der Waals surface area contributed by atoms with Gasteiger partial charge in [0.05, 0.1) is 19.8 Å². The van der Waals surface area contributed by atoms with Gasteiger partial charge in [0.1, 0.15) is 23.8 Å². The zero-order valence-corrected chi connectivity index (χ0v) is 15.4. The van der Waals surface area contributed by atoms with Gasteiger partial charge in [-0.05, 0) is 11.6 Å². The Bertz CT molecular complexity index is 878. The molecule has 1 amide bonds. The molecule has 8 heteroatoms. The number of rotatable bonds is 8. The Kier molecular flexibility index (Phi) is 7.29. The molecule has 0 aromatic heterocycles. The van der Waals surface area contributed by atoms with Crippen molar-refractivity contribution in [3.8, 4) is 17.2 Å². The quantitative estimate of drug-likeness (QED) is 0.211. The van der Waals surface area contributed by atoms with Gasteiger partial charge in [0.15, 0.2) is 5.78 Å². The molecule has 0 unspecified atom stereocenters. The largest absolute Gasteiger partial charge is 0.508 e. The Hall–Kier alpha value is -3.65. The van der Waals surface area contributed by atoms with Crippen molar-refractivity contribution in [2.45, 2.75) is 0 Å². The van der Waals surface area contributed by atoms with E-state index in [9.17, 15) is 14.7 Å². The lowest BCUT2D eigenvalue weighted by molar-refractivity contribution is -0.124. The van der Waals surface area contributed by atoms with Crippen molar-refractivity contribution in [1.29, 1.82) is 0 Å². The Labute approximate surface area is 161 Å². The third-order valence-electron chi connectivity index (χ3n) is 3.75. The molecule has 2 rings (SSSR count). The zero-order valence-electron chi connectivity index (χ0n) is 15.4. The maximum absolute atomic E-state index is 12.3. The topological polar surface area (TPSA) is 117 Å². The molecular weight excluding hydrogens is 364 g/mol. The first-order valence-electron chi connectivity index (χ1n) is 8.18. The van der Waals surface area contributed by atoms with Crippen LogP contribution >= 0.6 is 0 Å². The summed E-state index contributed by atoms with van der Waals surface area (Å²) >= 11 is 0. The van der Waals surface area contributed by atoms with Crippen molar-refractivity contribution in [2.24, 2.45) is 4.99 Å². The minimum Gasteiger partial charge on any atom is -0.508 e. The number of aromatic hydroxyl groups is 1. The molecule has 0 aliphatic carbocycles. The predicted molar refractivity (Wildman–Crippen MR) is 103 cm³/mol. The van der Waals surface area contributed by atoms with Crippen molar-refractivity contribution >= 4 is 24.0 Å². The van der Waals surface area contributed by atoms with Gasteiger partial charge in [0, 0.05) is 30.0 Å². The number of carbonyl (C=O) groups is 2. The fraction of sp³-hybridized carbons (Fsp3) is 0.150. The number of phenols is 1. The number of hydrogen-bond donors (Lipinski definition) is 3. The number of hydrogen-bond acceptors (Lipinski definition) is 7. The van der Waals surface area contributed by atoms with E-state index in [0.29, 0.717) is 28.2 Å². The van der Waals surface area contributed by atoms with E-state index in [2.05, 4.69) is 4.99 Å². The van der Waals surface area contributed by atoms with Crippen LogP contribution in [0.5, 0.6) is 17.2 Å². The van der Waals surface area contributed by atoms with Crippen LogP contribution < -0.4 is 15.0 Å². The molecule has 2 aromatic rings. The van der Waals surface area contributed by atoms with E-state index in [0.717, 1.165) is 0 Å². The highest BCUT2D eigenvalue weighted by Gasteiger charge is 2.11. The zero-order chi connectivity index (χ0) is 20.5. The molecule has 146 valence electrons. The molecule has 0 aliphatic rings. The van der Waals surface area contributed by atoms with E-state index in [4.69, 9.17) is 14.7 Å². The predicted octanol–water partition coefficient (Wildman–Crippen LogP) is 2.23. The lowest BCUT2D eigenvalue weighted by Gasteiger charge is -2.10. The summed E-state index contributed by atoms with van der Waals surface area (Å²) in [5.41, 5.74) is 3.17. The summed E-state index contributed by atoms with van der Waals surface area (Å²) in [6, 6.07) is 9.43. The van der Waals surface area contributed by atoms with E-state index in [1.807, 2.05) is 0 Å². The van der Waals surface area contributed by atoms with Crippen molar-refractivity contribution in [3.63, 3.8) is 0 Å². The molecule has 0 saturated heterocycles. The molecule has 8 nitrogen and oxygen atoms in total. The first-order chi connectivity index (χ1) is 13.5. The van der Waals surface area contributed by atoms with Crippen LogP contribution in [0.15, 0.2) is 47.5 Å². The van der Waals surface area contributed by atoms with Crippen molar-refractivity contribution in [2.75, 3.05) is 20.8 Å². The number of ether oxygens (including phenoxy) is 2. The minimum atomic E-state index is -0.644. The molecule has 0 bridgehead atoms. The standard InChI is InChI=1S/C20H20N2O6/c1-27-18-9-15(23)10-19(28-2)16(18)11-21-12-17(24)14-6-3-13(4-7-14)5-8-20(25)22-26/h3-11,23,26H,12H2,1-2H3,(H,22,25)/b8-5+,21-11?. The summed E-state index contributed by atoms with van der Waals surface area (Å²) < 4.78 is 10.4. The number of methoxy groups -OCH3 is 2. The van der Waals surface area contributed by atoms with Crippen molar-refractivity contribution < 1.29 is 29.4 Å². The van der Waals surface area contributed by atoms with E-state index in [1.54, 1.807) is 24.3 Å². The monoisotopic (exact) mass is 384 g/mol. The molecule has 28 heavy (non-hydrogen) atoms. The molecule has 3 N–H and O–H groups in total. The summed E-state index contributed by atoms with van der Waals surface area (Å²) in [4.78, 5) is 27.4. The van der Waals surface area contributed by atoms with Gasteiger partial charge in [-0.2, -0.15) is 0 Å². The highest BCUT2D eigenvalue weighted by molar-refractivity contribution is 5.99. The van der Waals surface area contributed by atoms with Gasteiger partial charge >= 0.3 is 0 Å². The smallest absolute Gasteiger partial charge is 0.267 e. The van der Waals surface area contributed by atoms with Crippen LogP contribution in [0.3, 0.4) is 0 Å². The number of benzene rings is 2. The fourth-order valence-corrected chi connectivity index (χ4v) is 2.35. The summed E-state index contributed by atoms with van der Waals surface area (Å²) in [5, 5.41) is 18.1. The van der Waals surface area contributed by atoms with Crippen LogP contribution in [-0.4, -0.2) is 49.0 Å². The molecule has 0 saturated carbocycles. The second-order valence-electron chi connectivity index (χ2n) is 5.59. The van der Waals surface area contributed by atoms with E-state index < -0.39 is 5.91 Å². The summed E-state index contributed by atoms with van der Waals surface area (Å²) in [5.74, 6) is -0.106. The van der Waals surface area contributed by atoms with Gasteiger partial charge in [0.2, 0.25) is 0 Å². The maximum Gasteiger partial charge on any atom is 0.267 e. The fourth-order valence-electron chi connectivity index (χ4n) is 2.35. The van der Waals surface area contributed by atoms with Gasteiger partial charge in [-0.1, -0.05) is 24.3 Å². The Morgan fingerprint density at radius 1 is 1.11 bits per heavy atom. The number of nitrogens with one attached hydrogen (secondary N) is 1. The minimum absolute atomic E-state index is 0.00691. The first-order valence-corrected chi connectivity index (χ1v) is 8.18. The SMILES string of the molecule is COc1cc(O)cc(OC)c1C=NCC(=O)c1ccc(/C=C/C(=O)NO)cc1. The number of amides is 1. The second kappa shape index (κ2) is 9.89. The third-order valence-corrected chi connectivity index (χ3v) is 3.75. The number of ketones is 1. The van der Waals surface area contributed by atoms with E-state index >= 15 is 0 Å². The average Bonchev–Trinajstić information content (AvgIpc) is 2.72. The number of carbonyl (C=O) groups excluding carboxylic acids is 2. The maximum atomic E-state index is 12.3. The molecule has 0 fully saturated rings. The Morgan fingerprint density at radius 2 is 1.71 bits per heavy atom. The van der Waals surface area contributed by atoms with Gasteiger partial charge in [0.25, 0.3) is 5.91 Å². The molecule has 2 aromatic carbocycles. The highest BCUT2D eigenvalue weighted by Crippen LogP contribution is 2.32.